The molecule has 112 valence electrons. The fourth-order valence-electron chi connectivity index (χ4n) is 2.48. The van der Waals surface area contributed by atoms with Crippen LogP contribution in [0.25, 0.3) is 0 Å². The van der Waals surface area contributed by atoms with Crippen molar-refractivity contribution in [3.8, 4) is 0 Å². The van der Waals surface area contributed by atoms with Gasteiger partial charge in [-0.2, -0.15) is 5.10 Å². The molecule has 0 radical (unpaired) electrons. The first-order valence-corrected chi connectivity index (χ1v) is 7.13. The third kappa shape index (κ3) is 3.20. The van der Waals surface area contributed by atoms with Gasteiger partial charge in [0.2, 0.25) is 0 Å². The van der Waals surface area contributed by atoms with Crippen LogP contribution < -0.4 is 0 Å². The molecule has 0 fully saturated rings. The van der Waals surface area contributed by atoms with E-state index in [2.05, 4.69) is 18.9 Å². The van der Waals surface area contributed by atoms with E-state index in [1.165, 1.54) is 12.1 Å². The zero-order valence-corrected chi connectivity index (χ0v) is 12.9. The van der Waals surface area contributed by atoms with Gasteiger partial charge in [0.05, 0.1) is 11.3 Å². The monoisotopic (exact) mass is 288 g/mol. The molecule has 1 aromatic heterocycles. The highest BCUT2D eigenvalue weighted by Gasteiger charge is 2.29. The third-order valence-corrected chi connectivity index (χ3v) is 3.63. The van der Waals surface area contributed by atoms with Crippen LogP contribution >= 0.6 is 0 Å². The fraction of sp³-hybridized carbons (Fsp3) is 0.412. The molecule has 0 unspecified atom stereocenters. The smallest absolute Gasteiger partial charge is 0.153 e. The Labute approximate surface area is 124 Å². The summed E-state index contributed by atoms with van der Waals surface area (Å²) in [6.45, 7) is 8.96. The number of nitrogens with zero attached hydrogens (tertiary/aromatic N) is 2. The van der Waals surface area contributed by atoms with Gasteiger partial charge in [0.25, 0.3) is 0 Å². The molecule has 21 heavy (non-hydrogen) atoms. The van der Waals surface area contributed by atoms with E-state index in [-0.39, 0.29) is 5.82 Å². The maximum absolute atomic E-state index is 13.1. The highest BCUT2D eigenvalue weighted by molar-refractivity contribution is 5.77. The summed E-state index contributed by atoms with van der Waals surface area (Å²) in [6, 6.07) is 6.35. The lowest BCUT2D eigenvalue weighted by Gasteiger charge is -2.24. The molecule has 0 N–H and O–H groups in total. The second-order valence-electron chi connectivity index (χ2n) is 6.30. The Bertz CT molecular complexity index is 627. The average Bonchev–Trinajstić information content (AvgIpc) is 2.82. The second-order valence-corrected chi connectivity index (χ2v) is 6.30. The van der Waals surface area contributed by atoms with Crippen molar-refractivity contribution in [2.45, 2.75) is 39.7 Å². The van der Waals surface area contributed by atoms with Gasteiger partial charge in [-0.1, -0.05) is 39.8 Å². The maximum Gasteiger partial charge on any atom is 0.153 e. The Hall–Kier alpha value is -1.97. The molecule has 1 aromatic carbocycles. The minimum Gasteiger partial charge on any atom is -0.298 e. The molecule has 1 heterocycles. The lowest BCUT2D eigenvalue weighted by Crippen LogP contribution is -2.22. The largest absolute Gasteiger partial charge is 0.298 e. The predicted octanol–water partition coefficient (Wildman–Crippen LogP) is 3.82. The minimum absolute atomic E-state index is 0.268. The number of benzene rings is 1. The van der Waals surface area contributed by atoms with Gasteiger partial charge in [0, 0.05) is 18.2 Å². The second kappa shape index (κ2) is 5.80. The van der Waals surface area contributed by atoms with Gasteiger partial charge in [0.1, 0.15) is 5.82 Å². The topological polar surface area (TPSA) is 34.9 Å². The van der Waals surface area contributed by atoms with Gasteiger partial charge in [-0.25, -0.2) is 4.39 Å². The van der Waals surface area contributed by atoms with Crippen LogP contribution in [0.2, 0.25) is 0 Å². The van der Waals surface area contributed by atoms with Crippen molar-refractivity contribution in [1.82, 2.24) is 9.78 Å². The molecule has 0 bridgehead atoms. The number of aldehydes is 1. The lowest BCUT2D eigenvalue weighted by molar-refractivity contribution is 0.112. The molecule has 0 spiro atoms. The summed E-state index contributed by atoms with van der Waals surface area (Å²) in [5.74, 6) is 0.182. The van der Waals surface area contributed by atoms with Crippen LogP contribution in [-0.4, -0.2) is 16.1 Å². The Morgan fingerprint density at radius 1 is 1.29 bits per heavy atom. The van der Waals surface area contributed by atoms with Crippen molar-refractivity contribution >= 4 is 6.29 Å². The SMILES string of the molecule is CC(C)Cn1cc(C=O)c(C(C)(C)c2ccc(F)cc2)n1. The van der Waals surface area contributed by atoms with Gasteiger partial charge < -0.3 is 0 Å². The van der Waals surface area contributed by atoms with Crippen molar-refractivity contribution in [2.24, 2.45) is 5.92 Å². The quantitative estimate of drug-likeness (QED) is 0.784. The van der Waals surface area contributed by atoms with E-state index in [9.17, 15) is 9.18 Å². The highest BCUT2D eigenvalue weighted by Crippen LogP contribution is 2.32. The number of carbonyl (C=O) groups excluding carboxylic acids is 1. The van der Waals surface area contributed by atoms with Crippen LogP contribution in [0.15, 0.2) is 30.5 Å². The van der Waals surface area contributed by atoms with Crippen molar-refractivity contribution in [2.75, 3.05) is 0 Å². The molecule has 0 aliphatic carbocycles. The summed E-state index contributed by atoms with van der Waals surface area (Å²) >= 11 is 0. The van der Waals surface area contributed by atoms with Gasteiger partial charge >= 0.3 is 0 Å². The molecular formula is C17H21FN2O. The Kier molecular flexibility index (Phi) is 4.26. The summed E-state index contributed by atoms with van der Waals surface area (Å²) in [7, 11) is 0. The fourth-order valence-corrected chi connectivity index (χ4v) is 2.48. The van der Waals surface area contributed by atoms with E-state index in [0.29, 0.717) is 11.5 Å². The predicted molar refractivity (Wildman–Crippen MR) is 81.0 cm³/mol. The number of hydrogen-bond donors (Lipinski definition) is 0. The van der Waals surface area contributed by atoms with Crippen LogP contribution in [0, 0.1) is 11.7 Å². The molecule has 0 saturated heterocycles. The third-order valence-electron chi connectivity index (χ3n) is 3.63. The van der Waals surface area contributed by atoms with Crippen molar-refractivity contribution in [3.05, 3.63) is 53.1 Å². The number of aromatic nitrogens is 2. The van der Waals surface area contributed by atoms with Gasteiger partial charge in [-0.15, -0.1) is 0 Å². The first-order chi connectivity index (χ1) is 9.84. The molecule has 0 aliphatic heterocycles. The molecule has 3 nitrogen and oxygen atoms in total. The van der Waals surface area contributed by atoms with E-state index < -0.39 is 5.41 Å². The molecule has 0 amide bonds. The maximum atomic E-state index is 13.1. The van der Waals surface area contributed by atoms with Gasteiger partial charge in [0.15, 0.2) is 6.29 Å². The zero-order valence-electron chi connectivity index (χ0n) is 12.9. The standard InChI is InChI=1S/C17H21FN2O/c1-12(2)9-20-10-13(11-21)16(19-20)17(3,4)14-5-7-15(18)8-6-14/h5-8,10-12H,9H2,1-4H3. The van der Waals surface area contributed by atoms with Gasteiger partial charge in [-0.3, -0.25) is 9.48 Å². The van der Waals surface area contributed by atoms with Crippen LogP contribution in [0.4, 0.5) is 4.39 Å². The summed E-state index contributed by atoms with van der Waals surface area (Å²) in [5, 5.41) is 4.58. The van der Waals surface area contributed by atoms with Crippen LogP contribution in [0.5, 0.6) is 0 Å². The van der Waals surface area contributed by atoms with Gasteiger partial charge in [-0.05, 0) is 23.6 Å². The van der Waals surface area contributed by atoms with E-state index >= 15 is 0 Å². The first-order valence-electron chi connectivity index (χ1n) is 7.13. The highest BCUT2D eigenvalue weighted by atomic mass is 19.1. The average molecular weight is 288 g/mol. The van der Waals surface area contributed by atoms with E-state index in [4.69, 9.17) is 0 Å². The van der Waals surface area contributed by atoms with Crippen molar-refractivity contribution in [3.63, 3.8) is 0 Å². The normalized spacial score (nSPS) is 11.9. The molecule has 0 aliphatic rings. The molecule has 2 rings (SSSR count). The summed E-state index contributed by atoms with van der Waals surface area (Å²) in [6.07, 6.45) is 2.62. The summed E-state index contributed by atoms with van der Waals surface area (Å²) in [4.78, 5) is 11.3. The van der Waals surface area contributed by atoms with Crippen LogP contribution in [-0.2, 0) is 12.0 Å². The molecule has 4 heteroatoms. The van der Waals surface area contributed by atoms with E-state index in [1.807, 2.05) is 18.5 Å². The Morgan fingerprint density at radius 3 is 2.43 bits per heavy atom. The molecular weight excluding hydrogens is 267 g/mol. The van der Waals surface area contributed by atoms with E-state index in [1.54, 1.807) is 18.3 Å². The Morgan fingerprint density at radius 2 is 1.90 bits per heavy atom. The number of hydrogen-bond acceptors (Lipinski definition) is 2. The van der Waals surface area contributed by atoms with Crippen molar-refractivity contribution in [1.29, 1.82) is 0 Å². The number of halogens is 1. The van der Waals surface area contributed by atoms with Crippen LogP contribution in [0.1, 0.15) is 49.3 Å². The molecule has 0 saturated carbocycles. The minimum atomic E-state index is -0.452. The summed E-state index contributed by atoms with van der Waals surface area (Å²) < 4.78 is 14.9. The van der Waals surface area contributed by atoms with Crippen molar-refractivity contribution < 1.29 is 9.18 Å². The first kappa shape index (κ1) is 15.4. The number of carbonyl (C=O) groups is 1. The molecule has 2 aromatic rings. The number of rotatable bonds is 5. The lowest BCUT2D eigenvalue weighted by atomic mass is 9.80. The molecule has 0 atom stereocenters. The van der Waals surface area contributed by atoms with Crippen LogP contribution in [0.3, 0.4) is 0 Å². The zero-order chi connectivity index (χ0) is 15.6. The Balaban J connectivity index is 2.45. The summed E-state index contributed by atoms with van der Waals surface area (Å²) in [5.41, 5.74) is 1.79. The van der Waals surface area contributed by atoms with E-state index in [0.717, 1.165) is 24.1 Å².